The Labute approximate surface area is 88.4 Å². The summed E-state index contributed by atoms with van der Waals surface area (Å²) >= 11 is 6.70. The number of rotatable bonds is 2. The molecule has 0 N–H and O–H groups in total. The summed E-state index contributed by atoms with van der Waals surface area (Å²) in [5, 5.41) is 0. The predicted molar refractivity (Wildman–Crippen MR) is 56.5 cm³/mol. The van der Waals surface area contributed by atoms with Crippen molar-refractivity contribution in [1.29, 1.82) is 0 Å². The molecule has 0 spiro atoms. The van der Waals surface area contributed by atoms with Crippen LogP contribution in [0.4, 0.5) is 0 Å². The Morgan fingerprint density at radius 1 is 1.42 bits per heavy atom. The van der Waals surface area contributed by atoms with Gasteiger partial charge in [0.15, 0.2) is 5.78 Å². The largest absolute Gasteiger partial charge is 0.294 e. The Bertz CT molecular complexity index is 307. The van der Waals surface area contributed by atoms with Gasteiger partial charge < -0.3 is 0 Å². The van der Waals surface area contributed by atoms with Gasteiger partial charge in [-0.25, -0.2) is 0 Å². The van der Waals surface area contributed by atoms with Crippen LogP contribution in [-0.2, 0) is 0 Å². The van der Waals surface area contributed by atoms with Crippen molar-refractivity contribution in [2.45, 2.75) is 13.3 Å². The second-order valence-corrected chi connectivity index (χ2v) is 4.03. The van der Waals surface area contributed by atoms with E-state index in [1.54, 1.807) is 0 Å². The molecule has 3 heteroatoms. The zero-order valence-electron chi connectivity index (χ0n) is 6.60. The van der Waals surface area contributed by atoms with Crippen LogP contribution in [0.3, 0.4) is 0 Å². The van der Waals surface area contributed by atoms with Crippen LogP contribution in [0, 0.1) is 0 Å². The van der Waals surface area contributed by atoms with E-state index in [0.717, 1.165) is 14.5 Å². The molecular formula is C9H8Br2O. The van der Waals surface area contributed by atoms with Gasteiger partial charge in [-0.2, -0.15) is 0 Å². The van der Waals surface area contributed by atoms with E-state index in [1.165, 1.54) is 0 Å². The molecule has 0 bridgehead atoms. The van der Waals surface area contributed by atoms with Crippen LogP contribution < -0.4 is 0 Å². The van der Waals surface area contributed by atoms with Crippen LogP contribution in [0.1, 0.15) is 23.7 Å². The standard InChI is InChI=1S/C9H8Br2O/c1-2-8(12)6-4-3-5-7(10)9(6)11/h3-5H,2H2,1H3. The number of ketones is 1. The van der Waals surface area contributed by atoms with E-state index >= 15 is 0 Å². The molecule has 0 aliphatic heterocycles. The van der Waals surface area contributed by atoms with Gasteiger partial charge in [0.2, 0.25) is 0 Å². The molecule has 1 nitrogen and oxygen atoms in total. The zero-order chi connectivity index (χ0) is 9.14. The number of hydrogen-bond acceptors (Lipinski definition) is 1. The van der Waals surface area contributed by atoms with Gasteiger partial charge in [-0.1, -0.05) is 19.1 Å². The second kappa shape index (κ2) is 4.19. The van der Waals surface area contributed by atoms with Gasteiger partial charge in [0, 0.05) is 20.9 Å². The van der Waals surface area contributed by atoms with E-state index in [9.17, 15) is 4.79 Å². The molecule has 0 aromatic heterocycles. The van der Waals surface area contributed by atoms with Crippen molar-refractivity contribution in [1.82, 2.24) is 0 Å². The molecule has 0 fully saturated rings. The highest BCUT2D eigenvalue weighted by Gasteiger charge is 2.08. The van der Waals surface area contributed by atoms with Crippen molar-refractivity contribution in [3.8, 4) is 0 Å². The van der Waals surface area contributed by atoms with Crippen LogP contribution in [0.2, 0.25) is 0 Å². The molecule has 0 heterocycles. The van der Waals surface area contributed by atoms with E-state index in [4.69, 9.17) is 0 Å². The summed E-state index contributed by atoms with van der Waals surface area (Å²) in [5.41, 5.74) is 0.742. The van der Waals surface area contributed by atoms with Crippen LogP contribution in [0.15, 0.2) is 27.1 Å². The Morgan fingerprint density at radius 3 is 2.67 bits per heavy atom. The van der Waals surface area contributed by atoms with Gasteiger partial charge >= 0.3 is 0 Å². The van der Waals surface area contributed by atoms with Crippen molar-refractivity contribution in [2.24, 2.45) is 0 Å². The molecule has 12 heavy (non-hydrogen) atoms. The van der Waals surface area contributed by atoms with E-state index in [0.29, 0.717) is 6.42 Å². The molecule has 1 aromatic carbocycles. The molecule has 0 radical (unpaired) electrons. The topological polar surface area (TPSA) is 17.1 Å². The predicted octanol–water partition coefficient (Wildman–Crippen LogP) is 3.80. The first-order valence-electron chi connectivity index (χ1n) is 3.64. The molecule has 64 valence electrons. The minimum absolute atomic E-state index is 0.156. The van der Waals surface area contributed by atoms with Gasteiger partial charge in [0.25, 0.3) is 0 Å². The van der Waals surface area contributed by atoms with Crippen LogP contribution in [-0.4, -0.2) is 5.78 Å². The second-order valence-electron chi connectivity index (χ2n) is 2.38. The van der Waals surface area contributed by atoms with Crippen LogP contribution in [0.5, 0.6) is 0 Å². The average molecular weight is 292 g/mol. The Morgan fingerprint density at radius 2 is 2.08 bits per heavy atom. The summed E-state index contributed by atoms with van der Waals surface area (Å²) in [4.78, 5) is 11.3. The number of carbonyl (C=O) groups excluding carboxylic acids is 1. The molecular weight excluding hydrogens is 284 g/mol. The van der Waals surface area contributed by atoms with Crippen LogP contribution >= 0.6 is 31.9 Å². The Kier molecular flexibility index (Phi) is 3.47. The highest BCUT2D eigenvalue weighted by Crippen LogP contribution is 2.27. The first kappa shape index (κ1) is 9.93. The van der Waals surface area contributed by atoms with Gasteiger partial charge in [-0.3, -0.25) is 4.79 Å². The maximum Gasteiger partial charge on any atom is 0.163 e. The fraction of sp³-hybridized carbons (Fsp3) is 0.222. The van der Waals surface area contributed by atoms with Gasteiger partial charge in [0.05, 0.1) is 0 Å². The molecule has 1 aromatic rings. The number of Topliss-reactive ketones (excluding diaryl/α,β-unsaturated/α-hetero) is 1. The smallest absolute Gasteiger partial charge is 0.163 e. The molecule has 0 saturated carbocycles. The number of carbonyl (C=O) groups is 1. The minimum atomic E-state index is 0.156. The number of halogens is 2. The number of hydrogen-bond donors (Lipinski definition) is 0. The Balaban J connectivity index is 3.16. The first-order valence-corrected chi connectivity index (χ1v) is 5.22. The van der Waals surface area contributed by atoms with E-state index in [1.807, 2.05) is 25.1 Å². The minimum Gasteiger partial charge on any atom is -0.294 e. The van der Waals surface area contributed by atoms with Gasteiger partial charge in [0.1, 0.15) is 0 Å². The molecule has 0 amide bonds. The monoisotopic (exact) mass is 290 g/mol. The first-order chi connectivity index (χ1) is 5.66. The highest BCUT2D eigenvalue weighted by atomic mass is 79.9. The third kappa shape index (κ3) is 1.96. The molecule has 1 rings (SSSR count). The van der Waals surface area contributed by atoms with Gasteiger partial charge in [-0.15, -0.1) is 0 Å². The van der Waals surface area contributed by atoms with Gasteiger partial charge in [-0.05, 0) is 37.9 Å². The van der Waals surface area contributed by atoms with E-state index in [-0.39, 0.29) is 5.78 Å². The fourth-order valence-corrected chi connectivity index (χ4v) is 1.76. The summed E-state index contributed by atoms with van der Waals surface area (Å²) in [6.07, 6.45) is 0.537. The lowest BCUT2D eigenvalue weighted by molar-refractivity contribution is 0.0987. The highest BCUT2D eigenvalue weighted by molar-refractivity contribution is 9.13. The quantitative estimate of drug-likeness (QED) is 0.758. The Hall–Kier alpha value is -0.150. The summed E-state index contributed by atoms with van der Waals surface area (Å²) in [6, 6.07) is 5.58. The average Bonchev–Trinajstić information content (AvgIpc) is 2.08. The fourth-order valence-electron chi connectivity index (χ4n) is 0.910. The third-order valence-corrected chi connectivity index (χ3v) is 3.62. The number of benzene rings is 1. The molecule has 0 unspecified atom stereocenters. The SMILES string of the molecule is CCC(=O)c1cccc(Br)c1Br. The normalized spacial score (nSPS) is 9.92. The summed E-state index contributed by atoms with van der Waals surface area (Å²) in [7, 11) is 0. The summed E-state index contributed by atoms with van der Waals surface area (Å²) in [5.74, 6) is 0.156. The lowest BCUT2D eigenvalue weighted by Crippen LogP contribution is -1.97. The van der Waals surface area contributed by atoms with E-state index < -0.39 is 0 Å². The van der Waals surface area contributed by atoms with Crippen molar-refractivity contribution in [3.05, 3.63) is 32.7 Å². The lowest BCUT2D eigenvalue weighted by Gasteiger charge is -2.02. The maximum atomic E-state index is 11.3. The van der Waals surface area contributed by atoms with Crippen molar-refractivity contribution < 1.29 is 4.79 Å². The molecule has 0 aliphatic rings. The van der Waals surface area contributed by atoms with Crippen molar-refractivity contribution in [3.63, 3.8) is 0 Å². The summed E-state index contributed by atoms with van der Waals surface area (Å²) in [6.45, 7) is 1.86. The molecule has 0 saturated heterocycles. The lowest BCUT2D eigenvalue weighted by atomic mass is 10.1. The van der Waals surface area contributed by atoms with Crippen molar-refractivity contribution in [2.75, 3.05) is 0 Å². The third-order valence-electron chi connectivity index (χ3n) is 1.57. The zero-order valence-corrected chi connectivity index (χ0v) is 9.78. The van der Waals surface area contributed by atoms with Crippen LogP contribution in [0.25, 0.3) is 0 Å². The molecule has 0 aliphatic carbocycles. The summed E-state index contributed by atoms with van der Waals surface area (Å²) < 4.78 is 1.76. The maximum absolute atomic E-state index is 11.3. The van der Waals surface area contributed by atoms with Crippen molar-refractivity contribution >= 4 is 37.6 Å². The van der Waals surface area contributed by atoms with E-state index in [2.05, 4.69) is 31.9 Å². The molecule has 0 atom stereocenters.